The lowest BCUT2D eigenvalue weighted by Gasteiger charge is -2.32. The number of likely N-dealkylation sites (tertiary alicyclic amines) is 1. The molecule has 2 heterocycles. The van der Waals surface area contributed by atoms with Crippen LogP contribution in [0.4, 0.5) is 0 Å². The van der Waals surface area contributed by atoms with Crippen LogP contribution >= 0.6 is 0 Å². The van der Waals surface area contributed by atoms with Crippen LogP contribution in [0.2, 0.25) is 0 Å². The summed E-state index contributed by atoms with van der Waals surface area (Å²) < 4.78 is 34.6. The van der Waals surface area contributed by atoms with Gasteiger partial charge in [-0.15, -0.1) is 0 Å². The zero-order valence-corrected chi connectivity index (χ0v) is 17.1. The van der Waals surface area contributed by atoms with Gasteiger partial charge in [-0.25, -0.2) is 8.42 Å². The van der Waals surface area contributed by atoms with Gasteiger partial charge in [0.15, 0.2) is 0 Å². The second kappa shape index (κ2) is 8.16. The lowest BCUT2D eigenvalue weighted by molar-refractivity contribution is -0.130. The molecule has 0 saturated carbocycles. The number of hydrogen-bond donors (Lipinski definition) is 0. The van der Waals surface area contributed by atoms with E-state index in [2.05, 4.69) is 0 Å². The second-order valence-electron chi connectivity index (χ2n) is 7.40. The molecular weight excluding hydrogens is 366 g/mol. The quantitative estimate of drug-likeness (QED) is 0.771. The van der Waals surface area contributed by atoms with E-state index in [1.165, 1.54) is 0 Å². The highest BCUT2D eigenvalue weighted by atomic mass is 32.2. The number of ether oxygens (including phenoxy) is 1. The Morgan fingerprint density at radius 1 is 1.22 bits per heavy atom. The highest BCUT2D eigenvalue weighted by Gasteiger charge is 2.43. The van der Waals surface area contributed by atoms with Crippen molar-refractivity contribution in [1.82, 2.24) is 14.1 Å². The molecule has 1 saturated heterocycles. The number of para-hydroxylation sites is 1. The molecule has 0 aliphatic carbocycles. The lowest BCUT2D eigenvalue weighted by atomic mass is 10.1. The third kappa shape index (κ3) is 4.12. The molecule has 0 aromatic heterocycles. The summed E-state index contributed by atoms with van der Waals surface area (Å²) in [6, 6.07) is 6.58. The van der Waals surface area contributed by atoms with E-state index in [1.807, 2.05) is 30.8 Å². The molecule has 2 aliphatic rings. The number of carbonyl (C=O) groups is 1. The first-order valence-corrected chi connectivity index (χ1v) is 11.0. The van der Waals surface area contributed by atoms with Gasteiger partial charge < -0.3 is 14.5 Å². The maximum Gasteiger partial charge on any atom is 0.247 e. The van der Waals surface area contributed by atoms with Crippen molar-refractivity contribution < 1.29 is 17.9 Å². The molecule has 1 aromatic rings. The minimum Gasteiger partial charge on any atom is -0.487 e. The number of nitrogens with zero attached hydrogens (tertiary/aromatic N) is 3. The fourth-order valence-electron chi connectivity index (χ4n) is 3.81. The Kier molecular flexibility index (Phi) is 6.08. The number of hydrogen-bond acceptors (Lipinski definition) is 5. The Labute approximate surface area is 161 Å². The summed E-state index contributed by atoms with van der Waals surface area (Å²) in [6.45, 7) is 4.03. The van der Waals surface area contributed by atoms with E-state index in [9.17, 15) is 13.2 Å². The van der Waals surface area contributed by atoms with Crippen LogP contribution in [0.3, 0.4) is 0 Å². The molecule has 27 heavy (non-hydrogen) atoms. The van der Waals surface area contributed by atoms with Gasteiger partial charge in [0.2, 0.25) is 15.9 Å². The van der Waals surface area contributed by atoms with E-state index in [0.29, 0.717) is 51.2 Å². The van der Waals surface area contributed by atoms with Gasteiger partial charge in [-0.3, -0.25) is 4.79 Å². The fraction of sp³-hybridized carbons (Fsp3) is 0.632. The number of benzene rings is 1. The topological polar surface area (TPSA) is 70.2 Å². The Bertz CT molecular complexity index is 781. The van der Waals surface area contributed by atoms with Crippen LogP contribution in [0.1, 0.15) is 26.2 Å². The first kappa shape index (κ1) is 20.1. The van der Waals surface area contributed by atoms with Gasteiger partial charge in [0.1, 0.15) is 16.7 Å². The maximum atomic E-state index is 13.4. The van der Waals surface area contributed by atoms with Crippen LogP contribution in [0.25, 0.3) is 0 Å². The number of carbonyl (C=O) groups excluding carboxylic acids is 1. The van der Waals surface area contributed by atoms with Crippen LogP contribution in [-0.4, -0.2) is 80.9 Å². The Hall–Kier alpha value is -1.64. The van der Waals surface area contributed by atoms with Crippen molar-refractivity contribution in [2.75, 3.05) is 40.3 Å². The van der Waals surface area contributed by atoms with Gasteiger partial charge in [-0.2, -0.15) is 4.31 Å². The molecule has 0 unspecified atom stereocenters. The molecule has 0 bridgehead atoms. The van der Waals surface area contributed by atoms with Crippen LogP contribution in [0.5, 0.6) is 5.75 Å². The summed E-state index contributed by atoms with van der Waals surface area (Å²) in [4.78, 5) is 16.2. The number of fused-ring (bicyclic) bond motifs is 2. The molecule has 0 spiro atoms. The van der Waals surface area contributed by atoms with Crippen molar-refractivity contribution in [1.29, 1.82) is 0 Å². The number of rotatable bonds is 4. The van der Waals surface area contributed by atoms with Gasteiger partial charge >= 0.3 is 0 Å². The lowest BCUT2D eigenvalue weighted by Crippen LogP contribution is -2.49. The zero-order chi connectivity index (χ0) is 19.6. The Morgan fingerprint density at radius 3 is 2.63 bits per heavy atom. The van der Waals surface area contributed by atoms with Crippen LogP contribution in [0, 0.1) is 0 Å². The third-order valence-electron chi connectivity index (χ3n) is 5.31. The SMILES string of the molecule is CCC(=O)N1CC[C@@H]2[C@@H](CC1)Oc1ccccc1S(=O)(=O)N2CCN(C)C. The second-order valence-corrected chi connectivity index (χ2v) is 9.26. The predicted octanol–water partition coefficient (Wildman–Crippen LogP) is 1.40. The molecule has 1 fully saturated rings. The van der Waals surface area contributed by atoms with Crippen LogP contribution in [-0.2, 0) is 14.8 Å². The average Bonchev–Trinajstić information content (AvgIpc) is 2.88. The van der Waals surface area contributed by atoms with Crippen molar-refractivity contribution >= 4 is 15.9 Å². The first-order valence-electron chi connectivity index (χ1n) is 9.54. The van der Waals surface area contributed by atoms with E-state index >= 15 is 0 Å². The van der Waals surface area contributed by atoms with E-state index < -0.39 is 10.0 Å². The number of likely N-dealkylation sites (N-methyl/N-ethyl adjacent to an activating group) is 1. The molecule has 0 N–H and O–H groups in total. The van der Waals surface area contributed by atoms with E-state index in [0.717, 1.165) is 0 Å². The molecule has 3 rings (SSSR count). The van der Waals surface area contributed by atoms with Crippen molar-refractivity contribution in [3.63, 3.8) is 0 Å². The van der Waals surface area contributed by atoms with Crippen molar-refractivity contribution in [2.24, 2.45) is 0 Å². The summed E-state index contributed by atoms with van der Waals surface area (Å²) in [5.41, 5.74) is 0. The molecule has 7 nitrogen and oxygen atoms in total. The summed E-state index contributed by atoms with van der Waals surface area (Å²) in [6.07, 6.45) is 1.40. The van der Waals surface area contributed by atoms with E-state index in [4.69, 9.17) is 4.74 Å². The maximum absolute atomic E-state index is 13.4. The van der Waals surface area contributed by atoms with Gasteiger partial charge in [0.05, 0.1) is 6.04 Å². The molecule has 0 radical (unpaired) electrons. The van der Waals surface area contributed by atoms with E-state index in [1.54, 1.807) is 28.6 Å². The average molecular weight is 396 g/mol. The summed E-state index contributed by atoms with van der Waals surface area (Å²) >= 11 is 0. The minimum absolute atomic E-state index is 0.106. The van der Waals surface area contributed by atoms with Crippen LogP contribution < -0.4 is 4.74 Å². The van der Waals surface area contributed by atoms with Gasteiger partial charge in [-0.1, -0.05) is 19.1 Å². The predicted molar refractivity (Wildman–Crippen MR) is 103 cm³/mol. The monoisotopic (exact) mass is 395 g/mol. The molecule has 8 heteroatoms. The van der Waals surface area contributed by atoms with Crippen molar-refractivity contribution in [3.05, 3.63) is 24.3 Å². The van der Waals surface area contributed by atoms with E-state index in [-0.39, 0.29) is 22.9 Å². The number of amides is 1. The zero-order valence-electron chi connectivity index (χ0n) is 16.3. The van der Waals surface area contributed by atoms with Crippen molar-refractivity contribution in [3.8, 4) is 5.75 Å². The molecule has 2 aliphatic heterocycles. The van der Waals surface area contributed by atoms with Gasteiger partial charge in [-0.05, 0) is 32.6 Å². The van der Waals surface area contributed by atoms with Crippen LogP contribution in [0.15, 0.2) is 29.2 Å². The standard InChI is InChI=1S/C19H29N3O4S/c1-4-19(23)21-11-9-15-16(10-12-21)26-17-7-5-6-8-18(17)27(24,25)22(15)14-13-20(2)3/h5-8,15-16H,4,9-14H2,1-3H3/t15-,16-/m1/s1. The summed E-state index contributed by atoms with van der Waals surface area (Å²) in [5, 5.41) is 0. The summed E-state index contributed by atoms with van der Waals surface area (Å²) in [7, 11) is 0.197. The minimum atomic E-state index is -3.67. The van der Waals surface area contributed by atoms with Crippen molar-refractivity contribution in [2.45, 2.75) is 43.2 Å². The normalized spacial score (nSPS) is 25.1. The number of sulfonamides is 1. The van der Waals surface area contributed by atoms with Gasteiger partial charge in [0.25, 0.3) is 0 Å². The smallest absolute Gasteiger partial charge is 0.247 e. The highest BCUT2D eigenvalue weighted by molar-refractivity contribution is 7.89. The Balaban J connectivity index is 1.98. The molecule has 1 aromatic carbocycles. The Morgan fingerprint density at radius 2 is 1.93 bits per heavy atom. The molecule has 150 valence electrons. The highest BCUT2D eigenvalue weighted by Crippen LogP contribution is 2.36. The van der Waals surface area contributed by atoms with Gasteiger partial charge in [0, 0.05) is 39.0 Å². The molecule has 2 atom stereocenters. The largest absolute Gasteiger partial charge is 0.487 e. The fourth-order valence-corrected chi connectivity index (χ4v) is 5.61. The third-order valence-corrected chi connectivity index (χ3v) is 7.28. The first-order chi connectivity index (χ1) is 12.8. The summed E-state index contributed by atoms with van der Waals surface area (Å²) in [5.74, 6) is 0.518. The molecular formula is C19H29N3O4S. The molecule has 1 amide bonds.